The highest BCUT2D eigenvalue weighted by Crippen LogP contribution is 2.25. The van der Waals surface area contributed by atoms with Crippen LogP contribution in [0.2, 0.25) is 0 Å². The highest BCUT2D eigenvalue weighted by molar-refractivity contribution is 5.62. The molecule has 0 fully saturated rings. The van der Waals surface area contributed by atoms with Gasteiger partial charge in [-0.1, -0.05) is 6.07 Å². The molecule has 17 heavy (non-hydrogen) atoms. The number of nitro benzene ring substituents is 1. The molecule has 0 saturated heterocycles. The number of hydrogen-bond donors (Lipinski definition) is 1. The minimum Gasteiger partial charge on any atom is -0.383 e. The largest absolute Gasteiger partial charge is 0.383 e. The van der Waals surface area contributed by atoms with Crippen molar-refractivity contribution in [1.29, 1.82) is 0 Å². The van der Waals surface area contributed by atoms with E-state index in [0.29, 0.717) is 12.2 Å². The molecule has 0 unspecified atom stereocenters. The van der Waals surface area contributed by atoms with Crippen LogP contribution < -0.4 is 5.32 Å². The quantitative estimate of drug-likeness (QED) is 0.645. The molecule has 6 nitrogen and oxygen atoms in total. The number of aromatic nitrogens is 2. The number of imidazole rings is 1. The van der Waals surface area contributed by atoms with E-state index in [1.807, 2.05) is 16.8 Å². The minimum absolute atomic E-state index is 0.0881. The molecule has 2 aromatic rings. The Balaban J connectivity index is 2.30. The number of benzene rings is 1. The Morgan fingerprint density at radius 1 is 1.53 bits per heavy atom. The number of anilines is 1. The van der Waals surface area contributed by atoms with Crippen LogP contribution in [0.1, 0.15) is 5.56 Å². The Bertz CT molecular complexity index is 522. The van der Waals surface area contributed by atoms with E-state index in [9.17, 15) is 10.1 Å². The molecule has 0 aliphatic carbocycles. The Labute approximate surface area is 98.1 Å². The Hall–Kier alpha value is -2.37. The second-order valence-corrected chi connectivity index (χ2v) is 3.59. The highest BCUT2D eigenvalue weighted by Gasteiger charge is 2.13. The zero-order chi connectivity index (χ0) is 12.3. The van der Waals surface area contributed by atoms with Crippen molar-refractivity contribution in [3.63, 3.8) is 0 Å². The summed E-state index contributed by atoms with van der Waals surface area (Å²) in [5, 5.41) is 13.7. The number of rotatable bonds is 4. The minimum atomic E-state index is -0.386. The number of nitro groups is 1. The molecular formula is C11H12N4O2. The topological polar surface area (TPSA) is 73.0 Å². The molecule has 0 radical (unpaired) electrons. The van der Waals surface area contributed by atoms with Crippen molar-refractivity contribution in [3.05, 3.63) is 52.6 Å². The fraction of sp³-hybridized carbons (Fsp3) is 0.182. The third-order valence-corrected chi connectivity index (χ3v) is 2.45. The molecule has 1 heterocycles. The Morgan fingerprint density at radius 3 is 2.94 bits per heavy atom. The van der Waals surface area contributed by atoms with Gasteiger partial charge in [-0.15, -0.1) is 0 Å². The van der Waals surface area contributed by atoms with Gasteiger partial charge in [0.15, 0.2) is 0 Å². The van der Waals surface area contributed by atoms with E-state index >= 15 is 0 Å². The van der Waals surface area contributed by atoms with E-state index in [-0.39, 0.29) is 10.6 Å². The van der Waals surface area contributed by atoms with Gasteiger partial charge in [0, 0.05) is 32.1 Å². The summed E-state index contributed by atoms with van der Waals surface area (Å²) < 4.78 is 1.86. The smallest absolute Gasteiger partial charge is 0.292 e. The number of hydrogen-bond acceptors (Lipinski definition) is 4. The van der Waals surface area contributed by atoms with E-state index in [1.165, 1.54) is 0 Å². The standard InChI is InChI=1S/C11H12N4O2/c1-12-10-3-2-9(6-11(10)15(16)17)7-14-5-4-13-8-14/h2-6,8,12H,7H2,1H3. The number of nitrogens with one attached hydrogen (secondary N) is 1. The maximum Gasteiger partial charge on any atom is 0.292 e. The molecule has 1 aromatic heterocycles. The van der Waals surface area contributed by atoms with Gasteiger partial charge in [-0.05, 0) is 11.6 Å². The van der Waals surface area contributed by atoms with Crippen molar-refractivity contribution in [2.45, 2.75) is 6.54 Å². The summed E-state index contributed by atoms with van der Waals surface area (Å²) >= 11 is 0. The average Bonchev–Trinajstić information content (AvgIpc) is 2.81. The van der Waals surface area contributed by atoms with Crippen LogP contribution in [-0.2, 0) is 6.54 Å². The molecule has 0 amide bonds. The summed E-state index contributed by atoms with van der Waals surface area (Å²) in [6.45, 7) is 0.574. The van der Waals surface area contributed by atoms with Crippen LogP contribution in [0.25, 0.3) is 0 Å². The molecule has 1 aromatic carbocycles. The van der Waals surface area contributed by atoms with Crippen LogP contribution in [0.15, 0.2) is 36.9 Å². The van der Waals surface area contributed by atoms with Crippen molar-refractivity contribution in [3.8, 4) is 0 Å². The molecule has 0 spiro atoms. The van der Waals surface area contributed by atoms with Gasteiger partial charge in [-0.2, -0.15) is 0 Å². The van der Waals surface area contributed by atoms with Gasteiger partial charge in [0.1, 0.15) is 5.69 Å². The first kappa shape index (κ1) is 11.1. The van der Waals surface area contributed by atoms with Gasteiger partial charge in [0.25, 0.3) is 5.69 Å². The Morgan fingerprint density at radius 2 is 2.35 bits per heavy atom. The van der Waals surface area contributed by atoms with Gasteiger partial charge >= 0.3 is 0 Å². The molecule has 6 heteroatoms. The second kappa shape index (κ2) is 4.65. The van der Waals surface area contributed by atoms with E-state index < -0.39 is 0 Å². The van der Waals surface area contributed by atoms with Gasteiger partial charge in [0.05, 0.1) is 11.3 Å². The predicted molar refractivity (Wildman–Crippen MR) is 64.0 cm³/mol. The van der Waals surface area contributed by atoms with E-state index in [4.69, 9.17) is 0 Å². The van der Waals surface area contributed by atoms with Crippen molar-refractivity contribution in [2.75, 3.05) is 12.4 Å². The van der Waals surface area contributed by atoms with Crippen LogP contribution in [0.5, 0.6) is 0 Å². The summed E-state index contributed by atoms with van der Waals surface area (Å²) in [6.07, 6.45) is 5.17. The lowest BCUT2D eigenvalue weighted by molar-refractivity contribution is -0.384. The van der Waals surface area contributed by atoms with Gasteiger partial charge in [0.2, 0.25) is 0 Å². The monoisotopic (exact) mass is 232 g/mol. The molecule has 0 bridgehead atoms. The second-order valence-electron chi connectivity index (χ2n) is 3.59. The molecule has 0 atom stereocenters. The molecule has 0 aliphatic heterocycles. The Kier molecular flexibility index (Phi) is 3.04. The van der Waals surface area contributed by atoms with Gasteiger partial charge in [-0.3, -0.25) is 10.1 Å². The molecule has 1 N–H and O–H groups in total. The molecule has 0 saturated carbocycles. The van der Waals surface area contributed by atoms with Crippen LogP contribution in [0.3, 0.4) is 0 Å². The molecule has 0 aliphatic rings. The molecule has 2 rings (SSSR count). The third-order valence-electron chi connectivity index (χ3n) is 2.45. The first-order valence-corrected chi connectivity index (χ1v) is 5.11. The molecular weight excluding hydrogens is 220 g/mol. The lowest BCUT2D eigenvalue weighted by Gasteiger charge is -2.06. The van der Waals surface area contributed by atoms with Crippen molar-refractivity contribution < 1.29 is 4.92 Å². The number of nitrogens with zero attached hydrogens (tertiary/aromatic N) is 3. The van der Waals surface area contributed by atoms with Gasteiger partial charge in [-0.25, -0.2) is 4.98 Å². The summed E-state index contributed by atoms with van der Waals surface area (Å²) in [5.41, 5.74) is 1.48. The highest BCUT2D eigenvalue weighted by atomic mass is 16.6. The van der Waals surface area contributed by atoms with Crippen LogP contribution in [0.4, 0.5) is 11.4 Å². The summed E-state index contributed by atoms with van der Waals surface area (Å²) in [7, 11) is 1.66. The first-order valence-electron chi connectivity index (χ1n) is 5.11. The summed E-state index contributed by atoms with van der Waals surface area (Å²) in [5.74, 6) is 0. The van der Waals surface area contributed by atoms with Crippen LogP contribution >= 0.6 is 0 Å². The van der Waals surface area contributed by atoms with E-state index in [2.05, 4.69) is 10.3 Å². The van der Waals surface area contributed by atoms with Crippen LogP contribution in [0, 0.1) is 10.1 Å². The van der Waals surface area contributed by atoms with Gasteiger partial charge < -0.3 is 9.88 Å². The first-order chi connectivity index (χ1) is 8.20. The zero-order valence-electron chi connectivity index (χ0n) is 9.33. The van der Waals surface area contributed by atoms with E-state index in [0.717, 1.165) is 5.56 Å². The van der Waals surface area contributed by atoms with Crippen molar-refractivity contribution >= 4 is 11.4 Å². The van der Waals surface area contributed by atoms with E-state index in [1.54, 1.807) is 31.7 Å². The lowest BCUT2D eigenvalue weighted by atomic mass is 10.1. The normalized spacial score (nSPS) is 10.2. The fourth-order valence-corrected chi connectivity index (χ4v) is 1.63. The summed E-state index contributed by atoms with van der Waals surface area (Å²) in [4.78, 5) is 14.4. The van der Waals surface area contributed by atoms with Crippen molar-refractivity contribution in [1.82, 2.24) is 9.55 Å². The predicted octanol–water partition coefficient (Wildman–Crippen LogP) is 1.88. The lowest BCUT2D eigenvalue weighted by Crippen LogP contribution is -2.00. The maximum absolute atomic E-state index is 10.9. The summed E-state index contributed by atoms with van der Waals surface area (Å²) in [6, 6.07) is 5.15. The average molecular weight is 232 g/mol. The third kappa shape index (κ3) is 2.41. The SMILES string of the molecule is CNc1ccc(Cn2ccnc2)cc1[N+](=O)[O-]. The van der Waals surface area contributed by atoms with Crippen LogP contribution in [-0.4, -0.2) is 21.5 Å². The van der Waals surface area contributed by atoms with Crippen molar-refractivity contribution in [2.24, 2.45) is 0 Å². The zero-order valence-corrected chi connectivity index (χ0v) is 9.33. The fourth-order valence-electron chi connectivity index (χ4n) is 1.63. The molecule has 88 valence electrons. The maximum atomic E-state index is 10.9.